The average molecular weight is 548 g/mol. The molecule has 4 aliphatic rings. The lowest BCUT2D eigenvalue weighted by molar-refractivity contribution is -0.192. The summed E-state index contributed by atoms with van der Waals surface area (Å²) in [6, 6.07) is 11.6. The number of likely N-dealkylation sites (tertiary alicyclic amines) is 1. The minimum atomic E-state index is -5.08. The summed E-state index contributed by atoms with van der Waals surface area (Å²) in [5.41, 5.74) is 1.28. The molecule has 208 valence electrons. The minimum absolute atomic E-state index is 0.116. The van der Waals surface area contributed by atoms with Gasteiger partial charge >= 0.3 is 18.1 Å². The maximum absolute atomic E-state index is 13.6. The van der Waals surface area contributed by atoms with Crippen molar-refractivity contribution in [2.45, 2.75) is 55.4 Å². The smallest absolute Gasteiger partial charge is 0.475 e. The number of benzene rings is 1. The van der Waals surface area contributed by atoms with Crippen LogP contribution >= 0.6 is 0 Å². The predicted molar refractivity (Wildman–Crippen MR) is 131 cm³/mol. The third kappa shape index (κ3) is 5.05. The molecule has 0 bridgehead atoms. The summed E-state index contributed by atoms with van der Waals surface area (Å²) in [4.78, 5) is 43.6. The Labute approximate surface area is 222 Å². The lowest BCUT2D eigenvalue weighted by Gasteiger charge is -2.31. The molecule has 2 N–H and O–H groups in total. The van der Waals surface area contributed by atoms with Crippen LogP contribution < -0.4 is 4.90 Å². The van der Waals surface area contributed by atoms with Gasteiger partial charge in [-0.3, -0.25) is 4.79 Å². The van der Waals surface area contributed by atoms with Gasteiger partial charge in [-0.2, -0.15) is 13.2 Å². The number of fused-ring (bicyclic) bond motifs is 2. The number of alkyl halides is 3. The van der Waals surface area contributed by atoms with Crippen LogP contribution in [0.25, 0.3) is 0 Å². The van der Waals surface area contributed by atoms with Crippen molar-refractivity contribution in [1.29, 1.82) is 0 Å². The second kappa shape index (κ2) is 9.82. The molecular weight excluding hydrogens is 519 g/mol. The number of carboxylic acid groups (broad SMARTS) is 1. The highest BCUT2D eigenvalue weighted by Gasteiger charge is 2.57. The predicted octanol–water partition coefficient (Wildman–Crippen LogP) is 3.01. The van der Waals surface area contributed by atoms with Crippen molar-refractivity contribution in [3.63, 3.8) is 0 Å². The van der Waals surface area contributed by atoms with Gasteiger partial charge in [-0.25, -0.2) is 14.6 Å². The van der Waals surface area contributed by atoms with Gasteiger partial charge in [0.1, 0.15) is 5.82 Å². The number of aromatic nitrogens is 1. The Hall–Kier alpha value is -3.67. The Kier molecular flexibility index (Phi) is 6.78. The van der Waals surface area contributed by atoms with Crippen LogP contribution in [0.5, 0.6) is 0 Å². The van der Waals surface area contributed by atoms with Crippen molar-refractivity contribution >= 4 is 23.7 Å². The average Bonchev–Trinajstić information content (AvgIpc) is 3.55. The van der Waals surface area contributed by atoms with E-state index in [4.69, 9.17) is 14.6 Å². The van der Waals surface area contributed by atoms with E-state index in [1.54, 1.807) is 6.07 Å². The molecule has 2 saturated heterocycles. The second-order valence-corrected chi connectivity index (χ2v) is 10.4. The quantitative estimate of drug-likeness (QED) is 0.563. The van der Waals surface area contributed by atoms with E-state index in [0.29, 0.717) is 25.1 Å². The number of halogens is 3. The molecule has 6 rings (SSSR count). The Morgan fingerprint density at radius 3 is 2.28 bits per heavy atom. The number of anilines is 1. The molecule has 0 unspecified atom stereocenters. The molecule has 1 amide bonds. The van der Waals surface area contributed by atoms with E-state index >= 15 is 0 Å². The van der Waals surface area contributed by atoms with E-state index in [9.17, 15) is 27.9 Å². The summed E-state index contributed by atoms with van der Waals surface area (Å²) in [7, 11) is 0. The number of carbonyl (C=O) groups excluding carboxylic acids is 2. The maximum Gasteiger partial charge on any atom is 0.490 e. The molecule has 0 radical (unpaired) electrons. The number of ether oxygens (including phenoxy) is 1. The third-order valence-electron chi connectivity index (χ3n) is 7.94. The van der Waals surface area contributed by atoms with E-state index in [1.807, 2.05) is 41.4 Å². The molecule has 39 heavy (non-hydrogen) atoms. The van der Waals surface area contributed by atoms with E-state index in [0.717, 1.165) is 55.7 Å². The van der Waals surface area contributed by atoms with Gasteiger partial charge in [-0.15, -0.1) is 0 Å². The summed E-state index contributed by atoms with van der Waals surface area (Å²) >= 11 is 0. The molecule has 3 fully saturated rings. The minimum Gasteiger partial charge on any atom is -0.475 e. The zero-order chi connectivity index (χ0) is 28.0. The second-order valence-electron chi connectivity index (χ2n) is 10.4. The number of aliphatic hydroxyl groups is 1. The van der Waals surface area contributed by atoms with Gasteiger partial charge in [0, 0.05) is 37.8 Å². The van der Waals surface area contributed by atoms with Gasteiger partial charge in [-0.05, 0) is 43.4 Å². The highest BCUT2D eigenvalue weighted by Crippen LogP contribution is 2.52. The fourth-order valence-corrected chi connectivity index (χ4v) is 5.61. The Morgan fingerprint density at radius 1 is 1.03 bits per heavy atom. The first-order valence-corrected chi connectivity index (χ1v) is 12.8. The number of pyridine rings is 1. The highest BCUT2D eigenvalue weighted by molar-refractivity contribution is 5.96. The van der Waals surface area contributed by atoms with Crippen molar-refractivity contribution in [2.24, 2.45) is 0 Å². The van der Waals surface area contributed by atoms with Crippen LogP contribution in [0.1, 0.15) is 53.6 Å². The maximum atomic E-state index is 13.6. The first-order valence-electron chi connectivity index (χ1n) is 12.8. The van der Waals surface area contributed by atoms with E-state index < -0.39 is 23.2 Å². The standard InChI is InChI=1S/C25H27N3O4.C2HF3O2/c29-18-7-12-27(13-8-18)21-6-5-17(15-26-21)24(9-10-24)23(31)28-14-11-25(16-28)20-4-2-1-3-19(20)22(30)32-25;3-2(4,5)1(6)7/h1-6,15,18,29H,7-14,16H2;(H,6,7)/t25-;/m0./s1. The fraction of sp³-hybridized carbons (Fsp3) is 0.481. The number of aliphatic hydroxyl groups excluding tert-OH is 1. The van der Waals surface area contributed by atoms with Gasteiger partial charge in [-0.1, -0.05) is 24.3 Å². The van der Waals surface area contributed by atoms with E-state index in [1.165, 1.54) is 0 Å². The first-order chi connectivity index (χ1) is 18.4. The molecule has 1 atom stereocenters. The van der Waals surface area contributed by atoms with Crippen molar-refractivity contribution in [3.8, 4) is 0 Å². The summed E-state index contributed by atoms with van der Waals surface area (Å²) in [6.45, 7) is 2.60. The number of rotatable bonds is 3. The lowest BCUT2D eigenvalue weighted by Crippen LogP contribution is -2.40. The summed E-state index contributed by atoms with van der Waals surface area (Å²) in [6.07, 6.45) is 0.350. The third-order valence-corrected chi connectivity index (χ3v) is 7.94. The number of nitrogens with zero attached hydrogens (tertiary/aromatic N) is 3. The van der Waals surface area contributed by atoms with Crippen LogP contribution in [0.4, 0.5) is 19.0 Å². The molecule has 12 heteroatoms. The largest absolute Gasteiger partial charge is 0.490 e. The summed E-state index contributed by atoms with van der Waals surface area (Å²) < 4.78 is 37.6. The molecule has 2 aromatic rings. The fourth-order valence-electron chi connectivity index (χ4n) is 5.61. The summed E-state index contributed by atoms with van der Waals surface area (Å²) in [5.74, 6) is -2.03. The molecule has 1 aliphatic carbocycles. The highest BCUT2D eigenvalue weighted by atomic mass is 19.4. The number of hydrogen-bond donors (Lipinski definition) is 2. The van der Waals surface area contributed by atoms with Crippen LogP contribution in [0.2, 0.25) is 0 Å². The van der Waals surface area contributed by atoms with Crippen LogP contribution in [0.3, 0.4) is 0 Å². The van der Waals surface area contributed by atoms with Crippen LogP contribution in [-0.2, 0) is 25.3 Å². The van der Waals surface area contributed by atoms with Gasteiger partial charge in [0.15, 0.2) is 5.60 Å². The zero-order valence-corrected chi connectivity index (χ0v) is 21.0. The SMILES string of the molecule is O=C(O)C(F)(F)F.O=C1O[C@]2(CCN(C(=O)C3(c4ccc(N5CCC(O)CC5)nc4)CC3)C2)c2ccccc21. The van der Waals surface area contributed by atoms with Gasteiger partial charge in [0.25, 0.3) is 0 Å². The number of carboxylic acids is 1. The Morgan fingerprint density at radius 2 is 1.69 bits per heavy atom. The zero-order valence-electron chi connectivity index (χ0n) is 21.0. The van der Waals surface area contributed by atoms with Crippen molar-refractivity contribution in [1.82, 2.24) is 9.88 Å². The van der Waals surface area contributed by atoms with Crippen LogP contribution in [-0.4, -0.2) is 76.4 Å². The molecule has 1 spiro atoms. The monoisotopic (exact) mass is 547 g/mol. The van der Waals surface area contributed by atoms with Crippen LogP contribution in [0, 0.1) is 0 Å². The number of hydrogen-bond acceptors (Lipinski definition) is 7. The number of piperidine rings is 1. The number of carbonyl (C=O) groups is 3. The van der Waals surface area contributed by atoms with Crippen molar-refractivity contribution < 1.29 is 42.5 Å². The number of amides is 1. The molecule has 3 aliphatic heterocycles. The lowest BCUT2D eigenvalue weighted by atomic mass is 9.91. The number of aliphatic carboxylic acids is 1. The van der Waals surface area contributed by atoms with E-state index in [-0.39, 0.29) is 18.0 Å². The Bertz CT molecular complexity index is 1270. The van der Waals surface area contributed by atoms with E-state index in [2.05, 4.69) is 9.88 Å². The first kappa shape index (κ1) is 26.9. The van der Waals surface area contributed by atoms with Gasteiger partial charge in [0.2, 0.25) is 5.91 Å². The normalized spacial score (nSPS) is 23.6. The summed E-state index contributed by atoms with van der Waals surface area (Å²) in [5, 5.41) is 16.9. The van der Waals surface area contributed by atoms with Crippen LogP contribution in [0.15, 0.2) is 42.6 Å². The van der Waals surface area contributed by atoms with Crippen molar-refractivity contribution in [2.75, 3.05) is 31.1 Å². The molecule has 1 saturated carbocycles. The molecule has 1 aromatic carbocycles. The molecule has 9 nitrogen and oxygen atoms in total. The number of esters is 1. The molecule has 4 heterocycles. The molecule has 1 aromatic heterocycles. The topological polar surface area (TPSA) is 120 Å². The molecular formula is C27H28F3N3O6. The van der Waals surface area contributed by atoms with Gasteiger partial charge < -0.3 is 24.7 Å². The Balaban J connectivity index is 0.000000392. The van der Waals surface area contributed by atoms with Gasteiger partial charge in [0.05, 0.1) is 23.6 Å². The van der Waals surface area contributed by atoms with Crippen molar-refractivity contribution in [3.05, 3.63) is 59.3 Å².